The molecular weight excluding hydrogens is 202 g/mol. The van der Waals surface area contributed by atoms with Crippen LogP contribution in [-0.2, 0) is 19.6 Å². The van der Waals surface area contributed by atoms with Crippen molar-refractivity contribution in [2.45, 2.75) is 51.7 Å². The normalized spacial score (nSPS) is 20.3. The molecule has 0 aliphatic heterocycles. The minimum Gasteiger partial charge on any atom is -0.390 e. The van der Waals surface area contributed by atoms with Crippen LogP contribution < -0.4 is 0 Å². The highest BCUT2D eigenvalue weighted by atomic mass is 16.3. The van der Waals surface area contributed by atoms with E-state index in [1.165, 1.54) is 37.8 Å². The Morgan fingerprint density at radius 1 is 1.19 bits per heavy atom. The standard InChI is InChI=1S/C12H19N3O/c16-8-11-12(7-10-3-4-10)15(14-13-11)6-5-9-1-2-9/h9-10,16H,1-8H2. The molecule has 4 nitrogen and oxygen atoms in total. The Hall–Kier alpha value is -0.900. The third-order valence-corrected chi connectivity index (χ3v) is 3.69. The van der Waals surface area contributed by atoms with Gasteiger partial charge in [-0.05, 0) is 37.5 Å². The van der Waals surface area contributed by atoms with E-state index in [9.17, 15) is 5.11 Å². The van der Waals surface area contributed by atoms with Gasteiger partial charge in [-0.25, -0.2) is 4.68 Å². The molecule has 0 amide bonds. The van der Waals surface area contributed by atoms with Crippen LogP contribution in [0.5, 0.6) is 0 Å². The summed E-state index contributed by atoms with van der Waals surface area (Å²) in [6.07, 6.45) is 7.73. The monoisotopic (exact) mass is 221 g/mol. The van der Waals surface area contributed by atoms with Gasteiger partial charge in [-0.15, -0.1) is 5.10 Å². The lowest BCUT2D eigenvalue weighted by molar-refractivity contribution is 0.275. The number of aromatic nitrogens is 3. The van der Waals surface area contributed by atoms with Gasteiger partial charge in [0.1, 0.15) is 5.69 Å². The molecule has 0 unspecified atom stereocenters. The predicted octanol–water partition coefficient (Wildman–Crippen LogP) is 1.52. The minimum absolute atomic E-state index is 0.0332. The van der Waals surface area contributed by atoms with Crippen molar-refractivity contribution < 1.29 is 5.11 Å². The molecule has 1 aromatic rings. The number of aliphatic hydroxyl groups is 1. The van der Waals surface area contributed by atoms with E-state index in [1.54, 1.807) is 0 Å². The van der Waals surface area contributed by atoms with Gasteiger partial charge in [0.25, 0.3) is 0 Å². The minimum atomic E-state index is 0.0332. The maximum atomic E-state index is 9.24. The summed E-state index contributed by atoms with van der Waals surface area (Å²) in [5.41, 5.74) is 1.98. The maximum absolute atomic E-state index is 9.24. The van der Waals surface area contributed by atoms with Crippen molar-refractivity contribution in [1.82, 2.24) is 15.0 Å². The van der Waals surface area contributed by atoms with Crippen LogP contribution >= 0.6 is 0 Å². The molecule has 0 atom stereocenters. The Balaban J connectivity index is 1.70. The van der Waals surface area contributed by atoms with Crippen LogP contribution in [-0.4, -0.2) is 20.1 Å². The van der Waals surface area contributed by atoms with Crippen LogP contribution in [0.3, 0.4) is 0 Å². The molecule has 2 aliphatic rings. The van der Waals surface area contributed by atoms with Crippen molar-refractivity contribution in [1.29, 1.82) is 0 Å². The summed E-state index contributed by atoms with van der Waals surface area (Å²) < 4.78 is 2.03. The Labute approximate surface area is 95.7 Å². The number of aliphatic hydroxyl groups excluding tert-OH is 1. The largest absolute Gasteiger partial charge is 0.390 e. The maximum Gasteiger partial charge on any atom is 0.111 e. The smallest absolute Gasteiger partial charge is 0.111 e. The van der Waals surface area contributed by atoms with Crippen LogP contribution in [0.15, 0.2) is 0 Å². The molecule has 1 heterocycles. The van der Waals surface area contributed by atoms with Gasteiger partial charge < -0.3 is 5.11 Å². The van der Waals surface area contributed by atoms with Gasteiger partial charge in [-0.2, -0.15) is 0 Å². The third-order valence-electron chi connectivity index (χ3n) is 3.69. The molecule has 2 aliphatic carbocycles. The van der Waals surface area contributed by atoms with E-state index in [2.05, 4.69) is 10.3 Å². The molecule has 16 heavy (non-hydrogen) atoms. The van der Waals surface area contributed by atoms with E-state index in [0.717, 1.165) is 30.5 Å². The first kappa shape index (κ1) is 10.3. The summed E-state index contributed by atoms with van der Waals surface area (Å²) >= 11 is 0. The molecule has 3 rings (SSSR count). The molecule has 1 N–H and O–H groups in total. The number of nitrogens with zero attached hydrogens (tertiary/aromatic N) is 3. The second-order valence-corrected chi connectivity index (χ2v) is 5.24. The molecule has 0 radical (unpaired) electrons. The van der Waals surface area contributed by atoms with Gasteiger partial charge in [0.2, 0.25) is 0 Å². The molecule has 88 valence electrons. The van der Waals surface area contributed by atoms with E-state index in [0.29, 0.717) is 0 Å². The van der Waals surface area contributed by atoms with E-state index >= 15 is 0 Å². The first-order valence-electron chi connectivity index (χ1n) is 6.39. The average Bonchev–Trinajstić information content (AvgIpc) is 3.17. The summed E-state index contributed by atoms with van der Waals surface area (Å²) in [6.45, 7) is 1.02. The zero-order valence-electron chi connectivity index (χ0n) is 9.60. The van der Waals surface area contributed by atoms with Crippen molar-refractivity contribution in [3.63, 3.8) is 0 Å². The van der Waals surface area contributed by atoms with Crippen molar-refractivity contribution in [2.24, 2.45) is 11.8 Å². The first-order valence-corrected chi connectivity index (χ1v) is 6.39. The quantitative estimate of drug-likeness (QED) is 0.792. The fourth-order valence-electron chi connectivity index (χ4n) is 2.20. The van der Waals surface area contributed by atoms with E-state index in [-0.39, 0.29) is 6.61 Å². The molecular formula is C12H19N3O. The molecule has 0 spiro atoms. The Kier molecular flexibility index (Phi) is 2.67. The Bertz CT molecular complexity index is 366. The number of hydrogen-bond donors (Lipinski definition) is 1. The van der Waals surface area contributed by atoms with Gasteiger partial charge in [0.05, 0.1) is 12.3 Å². The second kappa shape index (κ2) is 4.17. The zero-order valence-corrected chi connectivity index (χ0v) is 9.60. The predicted molar refractivity (Wildman–Crippen MR) is 59.7 cm³/mol. The van der Waals surface area contributed by atoms with Gasteiger partial charge in [0, 0.05) is 6.54 Å². The van der Waals surface area contributed by atoms with Crippen LogP contribution in [0.2, 0.25) is 0 Å². The van der Waals surface area contributed by atoms with Crippen molar-refractivity contribution in [2.75, 3.05) is 0 Å². The highest BCUT2D eigenvalue weighted by Gasteiger charge is 2.26. The zero-order chi connectivity index (χ0) is 11.0. The van der Waals surface area contributed by atoms with Crippen molar-refractivity contribution in [3.8, 4) is 0 Å². The summed E-state index contributed by atoms with van der Waals surface area (Å²) in [5, 5.41) is 17.5. The molecule has 2 fully saturated rings. The Morgan fingerprint density at radius 2 is 1.94 bits per heavy atom. The fourth-order valence-corrected chi connectivity index (χ4v) is 2.20. The fraction of sp³-hybridized carbons (Fsp3) is 0.833. The van der Waals surface area contributed by atoms with Crippen molar-refractivity contribution >= 4 is 0 Å². The van der Waals surface area contributed by atoms with Gasteiger partial charge in [-0.3, -0.25) is 0 Å². The molecule has 0 bridgehead atoms. The topological polar surface area (TPSA) is 50.9 Å². The highest BCUT2D eigenvalue weighted by molar-refractivity contribution is 5.11. The molecule has 2 saturated carbocycles. The number of hydrogen-bond acceptors (Lipinski definition) is 3. The first-order chi connectivity index (χ1) is 7.86. The molecule has 4 heteroatoms. The van der Waals surface area contributed by atoms with E-state index < -0.39 is 0 Å². The van der Waals surface area contributed by atoms with Gasteiger partial charge in [-0.1, -0.05) is 18.1 Å². The molecule has 0 aromatic carbocycles. The van der Waals surface area contributed by atoms with Crippen LogP contribution in [0.25, 0.3) is 0 Å². The third kappa shape index (κ3) is 2.26. The Morgan fingerprint density at radius 3 is 2.56 bits per heavy atom. The number of aryl methyl sites for hydroxylation is 1. The van der Waals surface area contributed by atoms with Crippen molar-refractivity contribution in [3.05, 3.63) is 11.4 Å². The van der Waals surface area contributed by atoms with Crippen LogP contribution in [0, 0.1) is 11.8 Å². The SMILES string of the molecule is OCc1nnn(CCC2CC2)c1CC1CC1. The van der Waals surface area contributed by atoms with E-state index in [1.807, 2.05) is 4.68 Å². The number of rotatable bonds is 6. The molecule has 0 saturated heterocycles. The lowest BCUT2D eigenvalue weighted by Gasteiger charge is -2.06. The van der Waals surface area contributed by atoms with Gasteiger partial charge in [0.15, 0.2) is 0 Å². The lowest BCUT2D eigenvalue weighted by Crippen LogP contribution is -2.08. The second-order valence-electron chi connectivity index (χ2n) is 5.24. The van der Waals surface area contributed by atoms with E-state index in [4.69, 9.17) is 0 Å². The summed E-state index contributed by atoms with van der Waals surface area (Å²) in [5.74, 6) is 1.75. The van der Waals surface area contributed by atoms with Gasteiger partial charge >= 0.3 is 0 Å². The lowest BCUT2D eigenvalue weighted by atomic mass is 10.2. The van der Waals surface area contributed by atoms with Crippen LogP contribution in [0.4, 0.5) is 0 Å². The van der Waals surface area contributed by atoms with Crippen LogP contribution in [0.1, 0.15) is 43.5 Å². The molecule has 1 aromatic heterocycles. The average molecular weight is 221 g/mol. The summed E-state index contributed by atoms with van der Waals surface area (Å²) in [6, 6.07) is 0. The highest BCUT2D eigenvalue weighted by Crippen LogP contribution is 2.35. The summed E-state index contributed by atoms with van der Waals surface area (Å²) in [7, 11) is 0. The summed E-state index contributed by atoms with van der Waals surface area (Å²) in [4.78, 5) is 0.